The van der Waals surface area contributed by atoms with E-state index in [1.54, 1.807) is 55.9 Å². The van der Waals surface area contributed by atoms with E-state index in [-0.39, 0.29) is 6.03 Å². The number of nitrogens with one attached hydrogen (secondary N) is 2. The molecule has 0 bridgehead atoms. The third kappa shape index (κ3) is 5.44. The number of amides is 2. The number of nitrogens with zero attached hydrogens (tertiary/aromatic N) is 3. The number of pyridine rings is 2. The van der Waals surface area contributed by atoms with Crippen LogP contribution in [0.5, 0.6) is 17.4 Å². The average molecular weight is 435 g/mol. The van der Waals surface area contributed by atoms with Crippen LogP contribution in [0.4, 0.5) is 16.3 Å². The third-order valence-electron chi connectivity index (χ3n) is 4.91. The lowest BCUT2D eigenvalue weighted by Crippen LogP contribution is -2.38. The summed E-state index contributed by atoms with van der Waals surface area (Å²) in [6.45, 7) is 3.22. The molecule has 0 radical (unpaired) electrons. The largest absolute Gasteiger partial charge is 0.497 e. The Morgan fingerprint density at radius 2 is 1.75 bits per heavy atom. The van der Waals surface area contributed by atoms with Crippen molar-refractivity contribution in [3.8, 4) is 17.4 Å². The highest BCUT2D eigenvalue weighted by atomic mass is 16.5. The second kappa shape index (κ2) is 10.5. The molecule has 0 aliphatic carbocycles. The number of hydrogen-bond donors (Lipinski definition) is 2. The van der Waals surface area contributed by atoms with Crippen LogP contribution in [0.25, 0.3) is 0 Å². The van der Waals surface area contributed by atoms with Crippen molar-refractivity contribution in [3.05, 3.63) is 66.5 Å². The first-order valence-corrected chi connectivity index (χ1v) is 10.3. The fourth-order valence-corrected chi connectivity index (χ4v) is 3.29. The summed E-state index contributed by atoms with van der Waals surface area (Å²) < 4.78 is 16.4. The number of ether oxygens (including phenoxy) is 3. The highest BCUT2D eigenvalue weighted by Gasteiger charge is 2.16. The predicted molar refractivity (Wildman–Crippen MR) is 120 cm³/mol. The summed E-state index contributed by atoms with van der Waals surface area (Å²) in [5.41, 5.74) is 1.39. The van der Waals surface area contributed by atoms with Gasteiger partial charge in [0.25, 0.3) is 0 Å². The third-order valence-corrected chi connectivity index (χ3v) is 4.91. The number of hydrogen-bond acceptors (Lipinski definition) is 7. The summed E-state index contributed by atoms with van der Waals surface area (Å²) >= 11 is 0. The van der Waals surface area contributed by atoms with Crippen LogP contribution in [0.2, 0.25) is 0 Å². The van der Waals surface area contributed by atoms with E-state index in [1.807, 2.05) is 12.1 Å². The van der Waals surface area contributed by atoms with Gasteiger partial charge in [0.1, 0.15) is 23.0 Å². The van der Waals surface area contributed by atoms with Crippen LogP contribution in [0, 0.1) is 0 Å². The maximum atomic E-state index is 12.6. The summed E-state index contributed by atoms with van der Waals surface area (Å²) in [6.07, 6.45) is 3.36. The van der Waals surface area contributed by atoms with E-state index >= 15 is 0 Å². The Morgan fingerprint density at radius 1 is 1.03 bits per heavy atom. The summed E-state index contributed by atoms with van der Waals surface area (Å²) in [7, 11) is 1.60. The maximum Gasteiger partial charge on any atom is 0.319 e. The fraction of sp³-hybridized carbons (Fsp3) is 0.261. The lowest BCUT2D eigenvalue weighted by atomic mass is 10.2. The van der Waals surface area contributed by atoms with Gasteiger partial charge in [-0.2, -0.15) is 0 Å². The van der Waals surface area contributed by atoms with E-state index in [0.717, 1.165) is 30.2 Å². The number of aromatic nitrogens is 2. The molecule has 0 atom stereocenters. The van der Waals surface area contributed by atoms with Crippen LogP contribution < -0.4 is 25.0 Å². The lowest BCUT2D eigenvalue weighted by molar-refractivity contribution is 0.122. The monoisotopic (exact) mass is 435 g/mol. The van der Waals surface area contributed by atoms with E-state index in [1.165, 1.54) is 0 Å². The minimum Gasteiger partial charge on any atom is -0.497 e. The highest BCUT2D eigenvalue weighted by molar-refractivity contribution is 5.90. The number of carbonyl (C=O) groups excluding carboxylic acids is 1. The standard InChI is InChI=1S/C23H25N5O4/c1-30-18-6-8-19(9-7-18)32-22-20(5-3-11-25-22)27-23(29)26-16-17-4-2-10-24-21(17)28-12-14-31-15-13-28/h2-11H,12-16H2,1H3,(H2,26,27,29). The molecule has 1 fully saturated rings. The number of benzene rings is 1. The minimum absolute atomic E-state index is 0.295. The Bertz CT molecular complexity index is 1040. The van der Waals surface area contributed by atoms with Crippen LogP contribution in [-0.2, 0) is 11.3 Å². The first-order valence-electron chi connectivity index (χ1n) is 10.3. The first kappa shape index (κ1) is 21.4. The SMILES string of the molecule is COc1ccc(Oc2ncccc2NC(=O)NCc2cccnc2N2CCOCC2)cc1. The van der Waals surface area contributed by atoms with Crippen LogP contribution in [-0.4, -0.2) is 49.4 Å². The molecule has 1 aromatic carbocycles. The van der Waals surface area contributed by atoms with Crippen LogP contribution in [0.15, 0.2) is 60.9 Å². The molecular formula is C23H25N5O4. The zero-order chi connectivity index (χ0) is 22.2. The number of anilines is 2. The van der Waals surface area contributed by atoms with E-state index < -0.39 is 0 Å². The summed E-state index contributed by atoms with van der Waals surface area (Å²) in [4.78, 5) is 23.5. The van der Waals surface area contributed by atoms with Crippen molar-refractivity contribution in [1.29, 1.82) is 0 Å². The zero-order valence-corrected chi connectivity index (χ0v) is 17.8. The van der Waals surface area contributed by atoms with Gasteiger partial charge < -0.3 is 29.7 Å². The molecule has 166 valence electrons. The smallest absolute Gasteiger partial charge is 0.319 e. The van der Waals surface area contributed by atoms with Crippen molar-refractivity contribution in [3.63, 3.8) is 0 Å². The topological polar surface area (TPSA) is 97.8 Å². The molecule has 4 rings (SSSR count). The Balaban J connectivity index is 1.39. The molecule has 2 amide bonds. The number of rotatable bonds is 7. The van der Waals surface area contributed by atoms with E-state index in [4.69, 9.17) is 14.2 Å². The molecule has 0 spiro atoms. The molecule has 2 N–H and O–H groups in total. The molecule has 3 heterocycles. The summed E-state index contributed by atoms with van der Waals surface area (Å²) in [5.74, 6) is 2.46. The molecule has 1 aliphatic rings. The molecule has 1 saturated heterocycles. The molecule has 9 heteroatoms. The number of methoxy groups -OCH3 is 1. The van der Waals surface area contributed by atoms with Crippen molar-refractivity contribution in [2.45, 2.75) is 6.54 Å². The summed E-state index contributed by atoms with van der Waals surface area (Å²) in [5, 5.41) is 5.69. The molecule has 0 saturated carbocycles. The molecule has 2 aromatic heterocycles. The predicted octanol–water partition coefficient (Wildman–Crippen LogP) is 3.44. The first-order chi connectivity index (χ1) is 15.7. The lowest BCUT2D eigenvalue weighted by Gasteiger charge is -2.29. The van der Waals surface area contributed by atoms with E-state index in [9.17, 15) is 4.79 Å². The van der Waals surface area contributed by atoms with Gasteiger partial charge in [-0.05, 0) is 42.5 Å². The van der Waals surface area contributed by atoms with Gasteiger partial charge in [0, 0.05) is 37.6 Å². The van der Waals surface area contributed by atoms with Crippen LogP contribution in [0.3, 0.4) is 0 Å². The highest BCUT2D eigenvalue weighted by Crippen LogP contribution is 2.28. The van der Waals surface area contributed by atoms with Crippen molar-refractivity contribution >= 4 is 17.5 Å². The Labute approximate surface area is 186 Å². The van der Waals surface area contributed by atoms with Gasteiger partial charge in [-0.3, -0.25) is 0 Å². The second-order valence-corrected chi connectivity index (χ2v) is 7.03. The van der Waals surface area contributed by atoms with Crippen molar-refractivity contribution in [2.75, 3.05) is 43.6 Å². The van der Waals surface area contributed by atoms with E-state index in [2.05, 4.69) is 25.5 Å². The van der Waals surface area contributed by atoms with Gasteiger partial charge in [0.2, 0.25) is 5.88 Å². The Morgan fingerprint density at radius 3 is 2.53 bits per heavy atom. The Hall–Kier alpha value is -3.85. The molecule has 3 aromatic rings. The van der Waals surface area contributed by atoms with E-state index in [0.29, 0.717) is 37.1 Å². The summed E-state index contributed by atoms with van der Waals surface area (Å²) in [6, 6.07) is 14.0. The maximum absolute atomic E-state index is 12.6. The minimum atomic E-state index is -0.366. The van der Waals surface area contributed by atoms with Crippen molar-refractivity contribution in [2.24, 2.45) is 0 Å². The Kier molecular flexibility index (Phi) is 6.98. The quantitative estimate of drug-likeness (QED) is 0.587. The number of carbonyl (C=O) groups is 1. The van der Waals surface area contributed by atoms with Gasteiger partial charge in [0.15, 0.2) is 0 Å². The zero-order valence-electron chi connectivity index (χ0n) is 17.8. The van der Waals surface area contributed by atoms with Gasteiger partial charge in [0.05, 0.1) is 20.3 Å². The van der Waals surface area contributed by atoms with Gasteiger partial charge in [-0.1, -0.05) is 6.07 Å². The molecular weight excluding hydrogens is 410 g/mol. The molecule has 32 heavy (non-hydrogen) atoms. The fourth-order valence-electron chi connectivity index (χ4n) is 3.29. The van der Waals surface area contributed by atoms with Gasteiger partial charge in [-0.15, -0.1) is 0 Å². The normalized spacial score (nSPS) is 13.3. The van der Waals surface area contributed by atoms with Crippen LogP contribution in [0.1, 0.15) is 5.56 Å². The molecule has 0 unspecified atom stereocenters. The second-order valence-electron chi connectivity index (χ2n) is 7.03. The van der Waals surface area contributed by atoms with Gasteiger partial charge in [-0.25, -0.2) is 14.8 Å². The molecule has 9 nitrogen and oxygen atoms in total. The average Bonchev–Trinajstić information content (AvgIpc) is 2.85. The van der Waals surface area contributed by atoms with Crippen LogP contribution >= 0.6 is 0 Å². The van der Waals surface area contributed by atoms with Crippen molar-refractivity contribution in [1.82, 2.24) is 15.3 Å². The molecule has 1 aliphatic heterocycles. The number of morpholine rings is 1. The van der Waals surface area contributed by atoms with Crippen molar-refractivity contribution < 1.29 is 19.0 Å². The van der Waals surface area contributed by atoms with Gasteiger partial charge >= 0.3 is 6.03 Å². The number of urea groups is 1.